The second-order valence-corrected chi connectivity index (χ2v) is 5.94. The Morgan fingerprint density at radius 1 is 1.43 bits per heavy atom. The van der Waals surface area contributed by atoms with Crippen LogP contribution in [-0.2, 0) is 15.1 Å². The number of rotatable bonds is 6. The van der Waals surface area contributed by atoms with Crippen molar-refractivity contribution in [2.24, 2.45) is 11.7 Å². The van der Waals surface area contributed by atoms with Gasteiger partial charge in [0.1, 0.15) is 5.54 Å². The van der Waals surface area contributed by atoms with Crippen molar-refractivity contribution in [1.82, 2.24) is 4.90 Å². The molecule has 2 N–H and O–H groups in total. The molecule has 1 aliphatic heterocycles. The first-order chi connectivity index (χ1) is 10.1. The molecule has 0 spiro atoms. The highest BCUT2D eigenvalue weighted by atomic mass is 16.5. The molecular formula is C17H26N2O2. The van der Waals surface area contributed by atoms with Gasteiger partial charge < -0.3 is 15.4 Å². The first kappa shape index (κ1) is 16.0. The minimum atomic E-state index is -1.06. The summed E-state index contributed by atoms with van der Waals surface area (Å²) in [6.45, 7) is 5.28. The standard InChI is InChI=1S/C17H26N2O2/c1-3-14-9-11-19(13-14)12-10-17(18,16(20)21-2)15-7-5-4-6-8-15/h4-8,14H,3,9-13,18H2,1-2H3. The zero-order valence-electron chi connectivity index (χ0n) is 13.0. The SMILES string of the molecule is CCC1CCN(CCC(N)(C(=O)OC)c2ccccc2)C1. The molecule has 1 aromatic rings. The van der Waals surface area contributed by atoms with Crippen LogP contribution >= 0.6 is 0 Å². The van der Waals surface area contributed by atoms with E-state index < -0.39 is 5.54 Å². The van der Waals surface area contributed by atoms with Gasteiger partial charge >= 0.3 is 5.97 Å². The second kappa shape index (κ2) is 7.05. The number of esters is 1. The molecule has 0 amide bonds. The van der Waals surface area contributed by atoms with Crippen LogP contribution in [0, 0.1) is 5.92 Å². The first-order valence-electron chi connectivity index (χ1n) is 7.75. The lowest BCUT2D eigenvalue weighted by Crippen LogP contribution is -2.48. The van der Waals surface area contributed by atoms with Gasteiger partial charge in [-0.25, -0.2) is 4.79 Å². The molecule has 0 saturated carbocycles. The van der Waals surface area contributed by atoms with Crippen LogP contribution in [0.15, 0.2) is 30.3 Å². The van der Waals surface area contributed by atoms with Gasteiger partial charge in [-0.15, -0.1) is 0 Å². The van der Waals surface area contributed by atoms with Crippen molar-refractivity contribution in [3.8, 4) is 0 Å². The maximum absolute atomic E-state index is 12.2. The molecule has 1 saturated heterocycles. The monoisotopic (exact) mass is 290 g/mol. The highest BCUT2D eigenvalue weighted by molar-refractivity contribution is 5.82. The topological polar surface area (TPSA) is 55.6 Å². The van der Waals surface area contributed by atoms with Gasteiger partial charge in [-0.1, -0.05) is 43.7 Å². The molecular weight excluding hydrogens is 264 g/mol. The Morgan fingerprint density at radius 2 is 2.14 bits per heavy atom. The average Bonchev–Trinajstić information content (AvgIpc) is 3.00. The van der Waals surface area contributed by atoms with Crippen molar-refractivity contribution in [3.05, 3.63) is 35.9 Å². The van der Waals surface area contributed by atoms with Crippen molar-refractivity contribution in [2.45, 2.75) is 31.7 Å². The molecule has 0 aliphatic carbocycles. The third kappa shape index (κ3) is 3.63. The highest BCUT2D eigenvalue weighted by Crippen LogP contribution is 2.26. The van der Waals surface area contributed by atoms with E-state index in [0.717, 1.165) is 31.1 Å². The van der Waals surface area contributed by atoms with Crippen LogP contribution in [0.3, 0.4) is 0 Å². The number of carbonyl (C=O) groups excluding carboxylic acids is 1. The van der Waals surface area contributed by atoms with Crippen LogP contribution in [0.5, 0.6) is 0 Å². The van der Waals surface area contributed by atoms with Gasteiger partial charge in [-0.3, -0.25) is 0 Å². The van der Waals surface area contributed by atoms with Crippen LogP contribution in [0.2, 0.25) is 0 Å². The van der Waals surface area contributed by atoms with Gasteiger partial charge in [-0.2, -0.15) is 0 Å². The molecule has 2 atom stereocenters. The Kier molecular flexibility index (Phi) is 5.37. The highest BCUT2D eigenvalue weighted by Gasteiger charge is 2.37. The Balaban J connectivity index is 2.06. The van der Waals surface area contributed by atoms with Gasteiger partial charge in [0.2, 0.25) is 0 Å². The van der Waals surface area contributed by atoms with E-state index in [-0.39, 0.29) is 5.97 Å². The third-order valence-corrected chi connectivity index (χ3v) is 4.61. The van der Waals surface area contributed by atoms with E-state index in [9.17, 15) is 4.79 Å². The van der Waals surface area contributed by atoms with Crippen molar-refractivity contribution in [1.29, 1.82) is 0 Å². The molecule has 2 unspecified atom stereocenters. The molecule has 4 nitrogen and oxygen atoms in total. The summed E-state index contributed by atoms with van der Waals surface area (Å²) in [5.41, 5.74) is 6.18. The number of benzene rings is 1. The molecule has 0 aromatic heterocycles. The Labute approximate surface area is 127 Å². The normalized spacial score (nSPS) is 22.0. The third-order valence-electron chi connectivity index (χ3n) is 4.61. The van der Waals surface area contributed by atoms with Crippen molar-refractivity contribution < 1.29 is 9.53 Å². The molecule has 116 valence electrons. The smallest absolute Gasteiger partial charge is 0.330 e. The minimum Gasteiger partial charge on any atom is -0.467 e. The van der Waals surface area contributed by atoms with E-state index in [1.807, 2.05) is 30.3 Å². The summed E-state index contributed by atoms with van der Waals surface area (Å²) < 4.78 is 4.94. The number of nitrogens with zero attached hydrogens (tertiary/aromatic N) is 1. The van der Waals surface area contributed by atoms with Crippen LogP contribution in [0.1, 0.15) is 31.7 Å². The molecule has 1 aromatic carbocycles. The van der Waals surface area contributed by atoms with Crippen molar-refractivity contribution in [3.63, 3.8) is 0 Å². The summed E-state index contributed by atoms with van der Waals surface area (Å²) in [6, 6.07) is 9.53. The molecule has 2 rings (SSSR count). The first-order valence-corrected chi connectivity index (χ1v) is 7.75. The van der Waals surface area contributed by atoms with Crippen LogP contribution in [0.25, 0.3) is 0 Å². The number of ether oxygens (including phenoxy) is 1. The molecule has 0 bridgehead atoms. The summed E-state index contributed by atoms with van der Waals surface area (Å²) in [6.07, 6.45) is 3.05. The van der Waals surface area contributed by atoms with Gasteiger partial charge in [-0.05, 0) is 30.9 Å². The zero-order chi connectivity index (χ0) is 15.3. The van der Waals surface area contributed by atoms with Crippen molar-refractivity contribution >= 4 is 5.97 Å². The Hall–Kier alpha value is -1.39. The molecule has 21 heavy (non-hydrogen) atoms. The number of hydrogen-bond acceptors (Lipinski definition) is 4. The lowest BCUT2D eigenvalue weighted by molar-refractivity contribution is -0.148. The summed E-state index contributed by atoms with van der Waals surface area (Å²) in [7, 11) is 1.40. The number of nitrogens with two attached hydrogens (primary N) is 1. The van der Waals surface area contributed by atoms with Gasteiger partial charge in [0, 0.05) is 13.1 Å². The van der Waals surface area contributed by atoms with Gasteiger partial charge in [0.15, 0.2) is 0 Å². The fraction of sp³-hybridized carbons (Fsp3) is 0.588. The molecule has 0 radical (unpaired) electrons. The number of likely N-dealkylation sites (tertiary alicyclic amines) is 1. The quantitative estimate of drug-likeness (QED) is 0.816. The Bertz CT molecular complexity index is 463. The molecule has 1 heterocycles. The maximum Gasteiger partial charge on any atom is 0.330 e. The molecule has 1 fully saturated rings. The summed E-state index contributed by atoms with van der Waals surface area (Å²) in [5, 5.41) is 0. The zero-order valence-corrected chi connectivity index (χ0v) is 13.0. The summed E-state index contributed by atoms with van der Waals surface area (Å²) in [5.74, 6) is 0.423. The van der Waals surface area contributed by atoms with E-state index >= 15 is 0 Å². The number of methoxy groups -OCH3 is 1. The van der Waals surface area contributed by atoms with E-state index in [2.05, 4.69) is 11.8 Å². The summed E-state index contributed by atoms with van der Waals surface area (Å²) in [4.78, 5) is 14.6. The van der Waals surface area contributed by atoms with Crippen LogP contribution in [0.4, 0.5) is 0 Å². The maximum atomic E-state index is 12.2. The number of hydrogen-bond donors (Lipinski definition) is 1. The Morgan fingerprint density at radius 3 is 2.71 bits per heavy atom. The van der Waals surface area contributed by atoms with E-state index in [4.69, 9.17) is 10.5 Å². The van der Waals surface area contributed by atoms with E-state index in [1.165, 1.54) is 20.0 Å². The second-order valence-electron chi connectivity index (χ2n) is 5.94. The van der Waals surface area contributed by atoms with Crippen LogP contribution in [-0.4, -0.2) is 37.6 Å². The van der Waals surface area contributed by atoms with Crippen molar-refractivity contribution in [2.75, 3.05) is 26.7 Å². The van der Waals surface area contributed by atoms with E-state index in [1.54, 1.807) is 0 Å². The van der Waals surface area contributed by atoms with Gasteiger partial charge in [0.25, 0.3) is 0 Å². The fourth-order valence-electron chi connectivity index (χ4n) is 3.07. The fourth-order valence-corrected chi connectivity index (χ4v) is 3.07. The number of carbonyl (C=O) groups is 1. The van der Waals surface area contributed by atoms with E-state index in [0.29, 0.717) is 6.42 Å². The molecule has 4 heteroatoms. The van der Waals surface area contributed by atoms with Crippen LogP contribution < -0.4 is 5.73 Å². The molecule has 1 aliphatic rings. The predicted molar refractivity (Wildman–Crippen MR) is 83.8 cm³/mol. The predicted octanol–water partition coefficient (Wildman–Crippen LogP) is 2.14. The lowest BCUT2D eigenvalue weighted by Gasteiger charge is -2.29. The van der Waals surface area contributed by atoms with Gasteiger partial charge in [0.05, 0.1) is 7.11 Å². The minimum absolute atomic E-state index is 0.361. The summed E-state index contributed by atoms with van der Waals surface area (Å²) >= 11 is 0. The largest absolute Gasteiger partial charge is 0.467 e. The average molecular weight is 290 g/mol. The lowest BCUT2D eigenvalue weighted by atomic mass is 9.87.